The Labute approximate surface area is 198 Å². The monoisotopic (exact) mass is 478 g/mol. The van der Waals surface area contributed by atoms with Gasteiger partial charge in [-0.2, -0.15) is 8.75 Å². The Hall–Kier alpha value is -4.11. The minimum atomic E-state index is -1.28. The molecule has 172 valence electrons. The van der Waals surface area contributed by atoms with E-state index in [1.807, 2.05) is 0 Å². The number of benzene rings is 3. The van der Waals surface area contributed by atoms with Gasteiger partial charge >= 0.3 is 5.97 Å². The summed E-state index contributed by atoms with van der Waals surface area (Å²) in [6.45, 7) is 0. The number of ketones is 1. The van der Waals surface area contributed by atoms with E-state index in [4.69, 9.17) is 9.47 Å². The lowest BCUT2D eigenvalue weighted by Gasteiger charge is -2.14. The van der Waals surface area contributed by atoms with Crippen molar-refractivity contribution in [2.24, 2.45) is 0 Å². The number of carbonyl (C=O) groups is 2. The second-order valence-electron chi connectivity index (χ2n) is 7.33. The molecule has 1 N–H and O–H groups in total. The van der Waals surface area contributed by atoms with Crippen LogP contribution in [0.4, 0.5) is 4.39 Å². The van der Waals surface area contributed by atoms with E-state index in [2.05, 4.69) is 8.75 Å². The topological polar surface area (TPSA) is 98.6 Å². The maximum atomic E-state index is 14.4. The molecule has 0 aliphatic rings. The SMILES string of the molecule is COc1ccc(C(=O)/C(Cc2ccc(OC)c(F)c2)=C(/C(=O)O)c2ccc3nsnc3c2)cc1. The van der Waals surface area contributed by atoms with Crippen LogP contribution >= 0.6 is 11.7 Å². The smallest absolute Gasteiger partial charge is 0.336 e. The number of halogens is 1. The third-order valence-electron chi connectivity index (χ3n) is 5.28. The van der Waals surface area contributed by atoms with Crippen molar-refractivity contribution in [3.63, 3.8) is 0 Å². The first-order chi connectivity index (χ1) is 16.4. The average Bonchev–Trinajstić information content (AvgIpc) is 3.31. The molecule has 4 aromatic rings. The van der Waals surface area contributed by atoms with Crippen LogP contribution in [-0.2, 0) is 11.2 Å². The number of ether oxygens (including phenoxy) is 2. The van der Waals surface area contributed by atoms with Gasteiger partial charge in [0, 0.05) is 17.6 Å². The summed E-state index contributed by atoms with van der Waals surface area (Å²) >= 11 is 1.01. The van der Waals surface area contributed by atoms with Crippen molar-refractivity contribution in [2.75, 3.05) is 14.2 Å². The minimum absolute atomic E-state index is 0.00442. The number of carboxylic acid groups (broad SMARTS) is 1. The molecule has 4 rings (SSSR count). The molecule has 1 heterocycles. The Morgan fingerprint density at radius 2 is 1.62 bits per heavy atom. The number of carboxylic acids is 1. The van der Waals surface area contributed by atoms with Crippen molar-refractivity contribution in [1.29, 1.82) is 0 Å². The first kappa shape index (κ1) is 23.1. The quantitative estimate of drug-likeness (QED) is 0.287. The molecule has 0 unspecified atom stereocenters. The van der Waals surface area contributed by atoms with Gasteiger partial charge in [-0.25, -0.2) is 9.18 Å². The zero-order chi connectivity index (χ0) is 24.2. The molecule has 0 aliphatic heterocycles. The van der Waals surface area contributed by atoms with Crippen LogP contribution in [0.25, 0.3) is 16.6 Å². The summed E-state index contributed by atoms with van der Waals surface area (Å²) < 4.78 is 32.8. The molecule has 1 aromatic heterocycles. The predicted octanol–water partition coefficient (Wildman–Crippen LogP) is 4.81. The molecule has 0 aliphatic carbocycles. The standard InChI is InChI=1S/C25H19FN2O5S/c1-32-17-7-4-15(5-8-17)24(29)18(11-14-3-10-22(33-2)19(26)12-14)23(25(30)31)16-6-9-20-21(13-16)28-34-27-20/h3-10,12-13H,11H2,1-2H3,(H,30,31)/b23-18+. The van der Waals surface area contributed by atoms with Crippen LogP contribution in [0.1, 0.15) is 21.5 Å². The Kier molecular flexibility index (Phi) is 6.65. The number of methoxy groups -OCH3 is 2. The van der Waals surface area contributed by atoms with E-state index < -0.39 is 17.6 Å². The molecule has 34 heavy (non-hydrogen) atoms. The van der Waals surface area contributed by atoms with Gasteiger partial charge in [0.15, 0.2) is 17.3 Å². The van der Waals surface area contributed by atoms with E-state index in [-0.39, 0.29) is 28.9 Å². The van der Waals surface area contributed by atoms with Crippen molar-refractivity contribution < 1.29 is 28.6 Å². The molecule has 3 aromatic carbocycles. The number of hydrogen-bond acceptors (Lipinski definition) is 7. The summed E-state index contributed by atoms with van der Waals surface area (Å²) in [5.41, 5.74) is 1.97. The van der Waals surface area contributed by atoms with Crippen LogP contribution in [0.2, 0.25) is 0 Å². The zero-order valence-corrected chi connectivity index (χ0v) is 19.1. The van der Waals surface area contributed by atoms with E-state index in [0.717, 1.165) is 11.7 Å². The molecule has 7 nitrogen and oxygen atoms in total. The van der Waals surface area contributed by atoms with Gasteiger partial charge in [-0.15, -0.1) is 0 Å². The lowest BCUT2D eigenvalue weighted by atomic mass is 9.89. The molecule has 0 saturated heterocycles. The van der Waals surface area contributed by atoms with Crippen LogP contribution in [0, 0.1) is 5.82 Å². The van der Waals surface area contributed by atoms with E-state index >= 15 is 0 Å². The third kappa shape index (κ3) is 4.65. The van der Waals surface area contributed by atoms with Gasteiger partial charge in [-0.1, -0.05) is 12.1 Å². The van der Waals surface area contributed by atoms with Crippen LogP contribution in [0.5, 0.6) is 11.5 Å². The van der Waals surface area contributed by atoms with Gasteiger partial charge in [0.25, 0.3) is 0 Å². The van der Waals surface area contributed by atoms with Crippen LogP contribution in [-0.4, -0.2) is 39.8 Å². The number of hydrogen-bond donors (Lipinski definition) is 1. The maximum Gasteiger partial charge on any atom is 0.336 e. The van der Waals surface area contributed by atoms with Crippen LogP contribution in [0.3, 0.4) is 0 Å². The Bertz CT molecular complexity index is 1410. The van der Waals surface area contributed by atoms with Gasteiger partial charge < -0.3 is 14.6 Å². The molecule has 0 spiro atoms. The number of Topliss-reactive ketones (excluding diaryl/α,β-unsaturated/α-hetero) is 1. The van der Waals surface area contributed by atoms with Gasteiger partial charge in [0.2, 0.25) is 0 Å². The molecule has 0 radical (unpaired) electrons. The van der Waals surface area contributed by atoms with Crippen molar-refractivity contribution in [3.05, 3.63) is 88.7 Å². The highest BCUT2D eigenvalue weighted by Crippen LogP contribution is 2.29. The first-order valence-electron chi connectivity index (χ1n) is 10.1. The molecular formula is C25H19FN2O5S. The lowest BCUT2D eigenvalue weighted by Crippen LogP contribution is -2.14. The molecule has 0 atom stereocenters. The third-order valence-corrected chi connectivity index (χ3v) is 5.84. The Balaban J connectivity index is 1.89. The van der Waals surface area contributed by atoms with E-state index in [9.17, 15) is 19.1 Å². The van der Waals surface area contributed by atoms with Gasteiger partial charge in [0.1, 0.15) is 16.8 Å². The molecular weight excluding hydrogens is 459 g/mol. The fraction of sp³-hybridized carbons (Fsp3) is 0.120. The number of allylic oxidation sites excluding steroid dienone is 1. The predicted molar refractivity (Wildman–Crippen MR) is 126 cm³/mol. The van der Waals surface area contributed by atoms with Crippen LogP contribution in [0.15, 0.2) is 66.2 Å². The highest BCUT2D eigenvalue weighted by Gasteiger charge is 2.25. The number of rotatable bonds is 8. The number of carbonyl (C=O) groups excluding carboxylic acids is 1. The summed E-state index contributed by atoms with van der Waals surface area (Å²) in [4.78, 5) is 26.0. The fourth-order valence-corrected chi connectivity index (χ4v) is 4.10. The van der Waals surface area contributed by atoms with Crippen LogP contribution < -0.4 is 9.47 Å². The zero-order valence-electron chi connectivity index (χ0n) is 18.2. The summed E-state index contributed by atoms with van der Waals surface area (Å²) in [6, 6.07) is 15.4. The maximum absolute atomic E-state index is 14.4. The Morgan fingerprint density at radius 1 is 0.912 bits per heavy atom. The molecule has 0 fully saturated rings. The van der Waals surface area contributed by atoms with Crippen molar-refractivity contribution in [2.45, 2.75) is 6.42 Å². The van der Waals surface area contributed by atoms with Crippen molar-refractivity contribution in [1.82, 2.24) is 8.75 Å². The van der Waals surface area contributed by atoms with Gasteiger partial charge in [-0.3, -0.25) is 4.79 Å². The van der Waals surface area contributed by atoms with Crippen molar-refractivity contribution >= 4 is 40.1 Å². The average molecular weight is 479 g/mol. The largest absolute Gasteiger partial charge is 0.497 e. The van der Waals surface area contributed by atoms with Gasteiger partial charge in [-0.05, 0) is 59.7 Å². The minimum Gasteiger partial charge on any atom is -0.497 e. The first-order valence-corrected chi connectivity index (χ1v) is 10.8. The van der Waals surface area contributed by atoms with Crippen molar-refractivity contribution in [3.8, 4) is 11.5 Å². The normalized spacial score (nSPS) is 11.7. The second kappa shape index (κ2) is 9.80. The molecule has 0 bridgehead atoms. The molecule has 9 heteroatoms. The lowest BCUT2D eigenvalue weighted by molar-refractivity contribution is -0.130. The fourth-order valence-electron chi connectivity index (χ4n) is 3.59. The number of fused-ring (bicyclic) bond motifs is 1. The van der Waals surface area contributed by atoms with E-state index in [1.165, 1.54) is 26.4 Å². The number of aliphatic carboxylic acids is 1. The number of nitrogens with zero attached hydrogens (tertiary/aromatic N) is 2. The van der Waals surface area contributed by atoms with Gasteiger partial charge in [0.05, 0.1) is 31.5 Å². The second-order valence-corrected chi connectivity index (χ2v) is 7.86. The molecule has 0 saturated carbocycles. The van der Waals surface area contributed by atoms with E-state index in [0.29, 0.717) is 27.9 Å². The highest BCUT2D eigenvalue weighted by molar-refractivity contribution is 7.00. The molecule has 0 amide bonds. The summed E-state index contributed by atoms with van der Waals surface area (Å²) in [6.07, 6.45) is -0.110. The number of aromatic nitrogens is 2. The highest BCUT2D eigenvalue weighted by atomic mass is 32.1. The summed E-state index contributed by atoms with van der Waals surface area (Å²) in [5, 5.41) is 10.2. The summed E-state index contributed by atoms with van der Waals surface area (Å²) in [5.74, 6) is -1.78. The summed E-state index contributed by atoms with van der Waals surface area (Å²) in [7, 11) is 2.86. The Morgan fingerprint density at radius 3 is 2.26 bits per heavy atom. The van der Waals surface area contributed by atoms with E-state index in [1.54, 1.807) is 48.5 Å².